The Labute approximate surface area is 152 Å². The molecule has 0 heterocycles. The van der Waals surface area contributed by atoms with Crippen molar-refractivity contribution in [3.8, 4) is 5.75 Å². The molecule has 0 radical (unpaired) electrons. The Balaban J connectivity index is 1.84. The second-order valence-electron chi connectivity index (χ2n) is 5.42. The van der Waals surface area contributed by atoms with Gasteiger partial charge in [-0.1, -0.05) is 60.3 Å². The molecule has 126 valence electrons. The van der Waals surface area contributed by atoms with Crippen LogP contribution in [0.1, 0.15) is 21.3 Å². The number of thioether (sulfide) groups is 1. The summed E-state index contributed by atoms with van der Waals surface area (Å²) in [5.74, 6) is 0.700. The van der Waals surface area contributed by atoms with Crippen molar-refractivity contribution in [3.63, 3.8) is 0 Å². The maximum absolute atomic E-state index is 12.6. The number of ether oxygens (including phenoxy) is 1. The first-order valence-electron chi connectivity index (χ1n) is 7.98. The van der Waals surface area contributed by atoms with Crippen molar-refractivity contribution in [2.75, 3.05) is 7.11 Å². The van der Waals surface area contributed by atoms with Gasteiger partial charge in [-0.3, -0.25) is 4.79 Å². The molecule has 3 aromatic rings. The number of benzene rings is 3. The number of nitrogens with one attached hydrogen (secondary N) is 1. The first-order valence-corrected chi connectivity index (χ1v) is 8.86. The number of methoxy groups -OCH3 is 1. The highest BCUT2D eigenvalue weighted by atomic mass is 32.2. The van der Waals surface area contributed by atoms with Gasteiger partial charge in [0.2, 0.25) is 0 Å². The van der Waals surface area contributed by atoms with Crippen LogP contribution in [0.5, 0.6) is 5.75 Å². The molecule has 0 bridgehead atoms. The zero-order valence-corrected chi connectivity index (χ0v) is 14.7. The van der Waals surface area contributed by atoms with Crippen molar-refractivity contribution in [2.24, 2.45) is 0 Å². The van der Waals surface area contributed by atoms with Crippen molar-refractivity contribution in [2.45, 2.75) is 10.3 Å². The van der Waals surface area contributed by atoms with Crippen LogP contribution in [0.2, 0.25) is 0 Å². The third-order valence-corrected chi connectivity index (χ3v) is 4.88. The Bertz CT molecular complexity index is 804. The van der Waals surface area contributed by atoms with E-state index in [1.54, 1.807) is 18.9 Å². The maximum Gasteiger partial charge on any atom is 0.252 e. The second kappa shape index (κ2) is 8.40. The summed E-state index contributed by atoms with van der Waals surface area (Å²) in [6, 6.07) is 27.1. The van der Waals surface area contributed by atoms with Gasteiger partial charge in [-0.2, -0.15) is 0 Å². The molecule has 1 atom stereocenters. The molecule has 3 aromatic carbocycles. The summed E-state index contributed by atoms with van der Waals surface area (Å²) < 4.78 is 5.22. The van der Waals surface area contributed by atoms with Crippen LogP contribution in [0, 0.1) is 0 Å². The second-order valence-corrected chi connectivity index (χ2v) is 6.60. The molecule has 1 amide bonds. The van der Waals surface area contributed by atoms with Crippen LogP contribution in [0.25, 0.3) is 0 Å². The largest absolute Gasteiger partial charge is 0.497 e. The van der Waals surface area contributed by atoms with E-state index in [4.69, 9.17) is 4.74 Å². The molecule has 25 heavy (non-hydrogen) atoms. The zero-order valence-electron chi connectivity index (χ0n) is 13.9. The Hall–Kier alpha value is -2.72. The Morgan fingerprint density at radius 2 is 1.48 bits per heavy atom. The van der Waals surface area contributed by atoms with Crippen molar-refractivity contribution < 1.29 is 9.53 Å². The van der Waals surface area contributed by atoms with Gasteiger partial charge in [-0.05, 0) is 42.0 Å². The van der Waals surface area contributed by atoms with Gasteiger partial charge in [-0.15, -0.1) is 0 Å². The van der Waals surface area contributed by atoms with Crippen molar-refractivity contribution >= 4 is 17.7 Å². The summed E-state index contributed by atoms with van der Waals surface area (Å²) in [7, 11) is 1.64. The van der Waals surface area contributed by atoms with E-state index in [1.165, 1.54) is 0 Å². The third-order valence-electron chi connectivity index (χ3n) is 3.71. The van der Waals surface area contributed by atoms with E-state index in [-0.39, 0.29) is 11.3 Å². The summed E-state index contributed by atoms with van der Waals surface area (Å²) >= 11 is 1.61. The molecule has 1 N–H and O–H groups in total. The number of carbonyl (C=O) groups excluding carboxylic acids is 1. The lowest BCUT2D eigenvalue weighted by molar-refractivity contribution is 0.0949. The average Bonchev–Trinajstić information content (AvgIpc) is 2.69. The number of amides is 1. The third kappa shape index (κ3) is 4.64. The maximum atomic E-state index is 12.6. The van der Waals surface area contributed by atoms with Gasteiger partial charge >= 0.3 is 0 Å². The van der Waals surface area contributed by atoms with Crippen molar-refractivity contribution in [3.05, 3.63) is 96.1 Å². The van der Waals surface area contributed by atoms with Crippen LogP contribution < -0.4 is 10.1 Å². The number of hydrogen-bond donors (Lipinski definition) is 1. The SMILES string of the molecule is COc1ccc([C@H](NC(=O)c2ccccc2)Sc2ccccc2)cc1. The molecule has 0 aromatic heterocycles. The lowest BCUT2D eigenvalue weighted by atomic mass is 10.2. The molecule has 0 aliphatic carbocycles. The molecule has 0 saturated heterocycles. The number of carbonyl (C=O) groups is 1. The first kappa shape index (κ1) is 17.1. The van der Waals surface area contributed by atoms with Crippen LogP contribution in [0.3, 0.4) is 0 Å². The molecular weight excluding hydrogens is 330 g/mol. The first-order chi connectivity index (χ1) is 12.3. The zero-order chi connectivity index (χ0) is 17.5. The molecule has 0 unspecified atom stereocenters. The van der Waals surface area contributed by atoms with E-state index in [9.17, 15) is 4.79 Å². The molecule has 0 aliphatic rings. The highest BCUT2D eigenvalue weighted by molar-refractivity contribution is 7.99. The molecule has 4 heteroatoms. The smallest absolute Gasteiger partial charge is 0.252 e. The molecule has 3 nitrogen and oxygen atoms in total. The van der Waals surface area contributed by atoms with Gasteiger partial charge in [0.15, 0.2) is 0 Å². The van der Waals surface area contributed by atoms with Crippen molar-refractivity contribution in [1.82, 2.24) is 5.32 Å². The van der Waals surface area contributed by atoms with Crippen molar-refractivity contribution in [1.29, 1.82) is 0 Å². The fourth-order valence-corrected chi connectivity index (χ4v) is 3.43. The fourth-order valence-electron chi connectivity index (χ4n) is 2.39. The highest BCUT2D eigenvalue weighted by Crippen LogP contribution is 2.34. The minimum absolute atomic E-state index is 0.0927. The summed E-state index contributed by atoms with van der Waals surface area (Å²) in [6.45, 7) is 0. The number of rotatable bonds is 6. The van der Waals surface area contributed by atoms with Gasteiger partial charge in [0.25, 0.3) is 5.91 Å². The monoisotopic (exact) mass is 349 g/mol. The Morgan fingerprint density at radius 3 is 2.08 bits per heavy atom. The lowest BCUT2D eigenvalue weighted by Crippen LogP contribution is -2.26. The van der Waals surface area contributed by atoms with Gasteiger partial charge in [-0.25, -0.2) is 0 Å². The van der Waals surface area contributed by atoms with Crippen LogP contribution in [0.15, 0.2) is 89.8 Å². The Kier molecular flexibility index (Phi) is 5.75. The quantitative estimate of drug-likeness (QED) is 0.507. The van der Waals surface area contributed by atoms with Gasteiger partial charge in [0, 0.05) is 10.5 Å². The molecular formula is C21H19NO2S. The summed E-state index contributed by atoms with van der Waals surface area (Å²) in [5.41, 5.74) is 1.66. The van der Waals surface area contributed by atoms with E-state index in [2.05, 4.69) is 5.32 Å². The minimum Gasteiger partial charge on any atom is -0.497 e. The topological polar surface area (TPSA) is 38.3 Å². The highest BCUT2D eigenvalue weighted by Gasteiger charge is 2.17. The minimum atomic E-state index is -0.194. The standard InChI is InChI=1S/C21H19NO2S/c1-24-18-14-12-17(13-15-18)21(25-19-10-6-3-7-11-19)22-20(23)16-8-4-2-5-9-16/h2-15,21H,1H3,(H,22,23)/t21-/m1/s1. The van der Waals surface area contributed by atoms with E-state index in [1.807, 2.05) is 84.9 Å². The van der Waals surface area contributed by atoms with Gasteiger partial charge < -0.3 is 10.1 Å². The van der Waals surface area contributed by atoms with Gasteiger partial charge in [0.05, 0.1) is 7.11 Å². The summed E-state index contributed by atoms with van der Waals surface area (Å²) in [4.78, 5) is 13.7. The molecule has 3 rings (SSSR count). The lowest BCUT2D eigenvalue weighted by Gasteiger charge is -2.19. The molecule has 0 saturated carbocycles. The van der Waals surface area contributed by atoms with E-state index >= 15 is 0 Å². The van der Waals surface area contributed by atoms with Crippen LogP contribution >= 0.6 is 11.8 Å². The van der Waals surface area contributed by atoms with Crippen LogP contribution in [0.4, 0.5) is 0 Å². The average molecular weight is 349 g/mol. The summed E-state index contributed by atoms with van der Waals surface area (Å²) in [5, 5.41) is 2.93. The predicted molar refractivity (Wildman–Crippen MR) is 102 cm³/mol. The molecule has 0 fully saturated rings. The molecule has 0 aliphatic heterocycles. The van der Waals surface area contributed by atoms with E-state index in [0.29, 0.717) is 5.56 Å². The van der Waals surface area contributed by atoms with E-state index < -0.39 is 0 Å². The predicted octanol–water partition coefficient (Wildman–Crippen LogP) is 4.92. The summed E-state index contributed by atoms with van der Waals surface area (Å²) in [6.07, 6.45) is 0. The molecule has 0 spiro atoms. The number of hydrogen-bond acceptors (Lipinski definition) is 3. The van der Waals surface area contributed by atoms with Crippen LogP contribution in [-0.2, 0) is 0 Å². The van der Waals surface area contributed by atoms with Gasteiger partial charge in [0.1, 0.15) is 11.1 Å². The van der Waals surface area contributed by atoms with Crippen LogP contribution in [-0.4, -0.2) is 13.0 Å². The Morgan fingerprint density at radius 1 is 0.880 bits per heavy atom. The fraction of sp³-hybridized carbons (Fsp3) is 0.0952. The van der Waals surface area contributed by atoms with E-state index in [0.717, 1.165) is 16.2 Å². The normalized spacial score (nSPS) is 11.6.